The molecule has 1 N–H and O–H groups in total. The Kier molecular flexibility index (Phi) is 3.93. The highest BCUT2D eigenvalue weighted by atomic mass is 35.5. The van der Waals surface area contributed by atoms with Gasteiger partial charge in [0.1, 0.15) is 11.4 Å². The summed E-state index contributed by atoms with van der Waals surface area (Å²) in [5, 5.41) is 11.9. The molecule has 0 bridgehead atoms. The Bertz CT molecular complexity index is 499. The summed E-state index contributed by atoms with van der Waals surface area (Å²) in [5.74, 6) is 0.851. The predicted molar refractivity (Wildman–Crippen MR) is 80.5 cm³/mol. The quantitative estimate of drug-likeness (QED) is 0.930. The average molecular weight is 296 g/mol. The highest BCUT2D eigenvalue weighted by molar-refractivity contribution is 6.31. The number of methoxy groups -OCH3 is 1. The fourth-order valence-electron chi connectivity index (χ4n) is 3.69. The zero-order valence-corrected chi connectivity index (χ0v) is 12.7. The fraction of sp³-hybridized carbons (Fsp3) is 0.625. The number of likely N-dealkylation sites (tertiary alicyclic amines) is 1. The number of fused-ring (bicyclic) bond motifs is 1. The van der Waals surface area contributed by atoms with Crippen molar-refractivity contribution in [2.24, 2.45) is 0 Å². The zero-order chi connectivity index (χ0) is 14.2. The number of halogens is 1. The summed E-state index contributed by atoms with van der Waals surface area (Å²) < 4.78 is 5.45. The van der Waals surface area contributed by atoms with Crippen LogP contribution in [0.5, 0.6) is 5.75 Å². The molecule has 2 aliphatic rings. The summed E-state index contributed by atoms with van der Waals surface area (Å²) in [4.78, 5) is 2.35. The summed E-state index contributed by atoms with van der Waals surface area (Å²) in [5.41, 5.74) is 1.16. The lowest BCUT2D eigenvalue weighted by molar-refractivity contribution is -0.0104. The van der Waals surface area contributed by atoms with Crippen molar-refractivity contribution in [1.82, 2.24) is 4.90 Å². The van der Waals surface area contributed by atoms with Gasteiger partial charge in [-0.3, -0.25) is 0 Å². The second-order valence-electron chi connectivity index (χ2n) is 5.97. The molecule has 0 radical (unpaired) electrons. The van der Waals surface area contributed by atoms with E-state index in [1.807, 2.05) is 12.1 Å². The standard InChI is InChI=1S/C16H22ClNO2/c1-20-14-7-6-13(17)15-12(14)5-4-8-16(15,19)11-18-9-2-3-10-18/h6-7,19H,2-5,8-11H2,1H3. The van der Waals surface area contributed by atoms with E-state index in [0.717, 1.165) is 49.2 Å². The minimum absolute atomic E-state index is 0.669. The summed E-state index contributed by atoms with van der Waals surface area (Å²) in [6.07, 6.45) is 5.16. The van der Waals surface area contributed by atoms with Crippen LogP contribution in [0.1, 0.15) is 36.8 Å². The van der Waals surface area contributed by atoms with Gasteiger partial charge in [0.2, 0.25) is 0 Å². The van der Waals surface area contributed by atoms with E-state index in [9.17, 15) is 5.11 Å². The van der Waals surface area contributed by atoms with Gasteiger partial charge in [0, 0.05) is 22.7 Å². The van der Waals surface area contributed by atoms with Gasteiger partial charge in [-0.2, -0.15) is 0 Å². The summed E-state index contributed by atoms with van der Waals surface area (Å²) in [6.45, 7) is 2.85. The average Bonchev–Trinajstić information content (AvgIpc) is 2.91. The highest BCUT2D eigenvalue weighted by Crippen LogP contribution is 2.44. The van der Waals surface area contributed by atoms with Crippen molar-refractivity contribution < 1.29 is 9.84 Å². The molecular formula is C16H22ClNO2. The third-order valence-electron chi connectivity index (χ3n) is 4.61. The fourth-order valence-corrected chi connectivity index (χ4v) is 4.05. The first-order chi connectivity index (χ1) is 9.64. The van der Waals surface area contributed by atoms with Crippen molar-refractivity contribution >= 4 is 11.6 Å². The number of nitrogens with zero attached hydrogens (tertiary/aromatic N) is 1. The minimum atomic E-state index is -0.830. The monoisotopic (exact) mass is 295 g/mol. The molecule has 4 heteroatoms. The molecule has 1 aromatic rings. The number of aliphatic hydroxyl groups is 1. The van der Waals surface area contributed by atoms with E-state index in [1.54, 1.807) is 7.11 Å². The Morgan fingerprint density at radius 2 is 2.05 bits per heavy atom. The van der Waals surface area contributed by atoms with Crippen molar-refractivity contribution in [3.8, 4) is 5.75 Å². The van der Waals surface area contributed by atoms with E-state index >= 15 is 0 Å². The van der Waals surface area contributed by atoms with Crippen LogP contribution in [0.2, 0.25) is 5.02 Å². The molecule has 110 valence electrons. The Hall–Kier alpha value is -0.770. The summed E-state index contributed by atoms with van der Waals surface area (Å²) >= 11 is 6.41. The first-order valence-electron chi connectivity index (χ1n) is 7.44. The lowest BCUT2D eigenvalue weighted by Crippen LogP contribution is -2.42. The minimum Gasteiger partial charge on any atom is -0.496 e. The number of β-amino-alcohol motifs (C(OH)–C–C–N with tert-alkyl or cyclic N) is 1. The summed E-state index contributed by atoms with van der Waals surface area (Å²) in [7, 11) is 1.68. The molecule has 1 unspecified atom stereocenters. The molecule has 20 heavy (non-hydrogen) atoms. The van der Waals surface area contributed by atoms with Crippen LogP contribution in [0.3, 0.4) is 0 Å². The number of hydrogen-bond acceptors (Lipinski definition) is 3. The zero-order valence-electron chi connectivity index (χ0n) is 12.0. The topological polar surface area (TPSA) is 32.7 Å². The molecule has 0 spiro atoms. The molecule has 1 aliphatic carbocycles. The number of ether oxygens (including phenoxy) is 1. The summed E-state index contributed by atoms with van der Waals surface area (Å²) in [6, 6.07) is 3.75. The molecule has 1 fully saturated rings. The molecule has 1 aromatic carbocycles. The maximum Gasteiger partial charge on any atom is 0.122 e. The van der Waals surface area contributed by atoms with E-state index in [4.69, 9.17) is 16.3 Å². The van der Waals surface area contributed by atoms with Crippen LogP contribution < -0.4 is 4.74 Å². The molecule has 1 aliphatic heterocycles. The van der Waals surface area contributed by atoms with E-state index in [-0.39, 0.29) is 0 Å². The third kappa shape index (κ3) is 2.43. The molecule has 3 nitrogen and oxygen atoms in total. The van der Waals surface area contributed by atoms with E-state index in [0.29, 0.717) is 11.6 Å². The maximum atomic E-state index is 11.2. The Labute approximate surface area is 125 Å². The highest BCUT2D eigenvalue weighted by Gasteiger charge is 2.39. The second-order valence-corrected chi connectivity index (χ2v) is 6.38. The van der Waals surface area contributed by atoms with E-state index in [2.05, 4.69) is 4.90 Å². The Balaban J connectivity index is 1.99. The lowest BCUT2D eigenvalue weighted by Gasteiger charge is -2.38. The Morgan fingerprint density at radius 1 is 1.30 bits per heavy atom. The van der Waals surface area contributed by atoms with Crippen molar-refractivity contribution in [3.63, 3.8) is 0 Å². The van der Waals surface area contributed by atoms with Gasteiger partial charge in [0.15, 0.2) is 0 Å². The van der Waals surface area contributed by atoms with Gasteiger partial charge in [0.25, 0.3) is 0 Å². The van der Waals surface area contributed by atoms with Gasteiger partial charge in [-0.05, 0) is 57.3 Å². The third-order valence-corrected chi connectivity index (χ3v) is 4.92. The van der Waals surface area contributed by atoms with Gasteiger partial charge in [0.05, 0.1) is 7.11 Å². The molecule has 0 saturated carbocycles. The van der Waals surface area contributed by atoms with Gasteiger partial charge in [-0.15, -0.1) is 0 Å². The van der Waals surface area contributed by atoms with Crippen LogP contribution in [0, 0.1) is 0 Å². The first kappa shape index (κ1) is 14.2. The number of benzene rings is 1. The lowest BCUT2D eigenvalue weighted by atomic mass is 9.78. The van der Waals surface area contributed by atoms with Gasteiger partial charge in [-0.25, -0.2) is 0 Å². The van der Waals surface area contributed by atoms with Crippen LogP contribution in [0.25, 0.3) is 0 Å². The smallest absolute Gasteiger partial charge is 0.122 e. The van der Waals surface area contributed by atoms with Crippen LogP contribution in [0.4, 0.5) is 0 Å². The van der Waals surface area contributed by atoms with Crippen molar-refractivity contribution in [2.75, 3.05) is 26.7 Å². The number of rotatable bonds is 3. The van der Waals surface area contributed by atoms with Crippen molar-refractivity contribution in [1.29, 1.82) is 0 Å². The SMILES string of the molecule is COc1ccc(Cl)c2c1CCCC2(O)CN1CCCC1. The molecule has 1 atom stereocenters. The molecule has 1 heterocycles. The van der Waals surface area contributed by atoms with Crippen LogP contribution in [-0.2, 0) is 12.0 Å². The molecule has 3 rings (SSSR count). The van der Waals surface area contributed by atoms with Crippen LogP contribution >= 0.6 is 11.6 Å². The molecule has 1 saturated heterocycles. The molecule has 0 aromatic heterocycles. The Morgan fingerprint density at radius 3 is 2.75 bits per heavy atom. The van der Waals surface area contributed by atoms with Gasteiger partial charge in [-0.1, -0.05) is 11.6 Å². The van der Waals surface area contributed by atoms with Gasteiger partial charge >= 0.3 is 0 Å². The molecular weight excluding hydrogens is 274 g/mol. The molecule has 0 amide bonds. The van der Waals surface area contributed by atoms with Gasteiger partial charge < -0.3 is 14.7 Å². The normalized spacial score (nSPS) is 26.6. The largest absolute Gasteiger partial charge is 0.496 e. The predicted octanol–water partition coefficient (Wildman–Crippen LogP) is 2.97. The second kappa shape index (κ2) is 5.55. The van der Waals surface area contributed by atoms with E-state index in [1.165, 1.54) is 12.8 Å². The van der Waals surface area contributed by atoms with E-state index < -0.39 is 5.60 Å². The maximum absolute atomic E-state index is 11.2. The van der Waals surface area contributed by atoms with Crippen molar-refractivity contribution in [3.05, 3.63) is 28.3 Å². The van der Waals surface area contributed by atoms with Crippen LogP contribution in [-0.4, -0.2) is 36.8 Å². The van der Waals surface area contributed by atoms with Crippen molar-refractivity contribution in [2.45, 2.75) is 37.7 Å². The first-order valence-corrected chi connectivity index (χ1v) is 7.82. The van der Waals surface area contributed by atoms with Crippen LogP contribution in [0.15, 0.2) is 12.1 Å². The number of hydrogen-bond donors (Lipinski definition) is 1.